The lowest BCUT2D eigenvalue weighted by atomic mass is 9.89. The van der Waals surface area contributed by atoms with Crippen LogP contribution in [0.15, 0.2) is 46.2 Å². The zero-order valence-electron chi connectivity index (χ0n) is 10.9. The van der Waals surface area contributed by atoms with Crippen LogP contribution < -0.4 is 0 Å². The van der Waals surface area contributed by atoms with Crippen LogP contribution in [0, 0.1) is 0 Å². The van der Waals surface area contributed by atoms with Crippen molar-refractivity contribution < 1.29 is 15.1 Å². The molecule has 5 nitrogen and oxygen atoms in total. The fraction of sp³-hybridized carbons (Fsp3) is 0.357. The van der Waals surface area contributed by atoms with Crippen LogP contribution in [-0.2, 0) is 4.74 Å². The number of nitrogens with zero attached hydrogens (tertiary/aromatic N) is 2. The van der Waals surface area contributed by atoms with Crippen molar-refractivity contribution in [1.29, 1.82) is 0 Å². The van der Waals surface area contributed by atoms with Crippen LogP contribution in [0.5, 0.6) is 0 Å². The first-order valence-corrected chi connectivity index (χ1v) is 7.08. The monoisotopic (exact) mass is 338 g/mol. The van der Waals surface area contributed by atoms with Crippen molar-refractivity contribution in [2.24, 2.45) is 5.16 Å². The molecule has 1 aromatic carbocycles. The standard InChI is InChI=1S/C14H15BrN2O3/c1-17-8-14(11(18)6-7-20-14)13(16-19)12(17)9-2-4-10(15)5-3-9/h2-7,11-12,18-19H,8H2,1H3/b16-13-/t11-,12+,14-/m1/s1. The average molecular weight is 339 g/mol. The summed E-state index contributed by atoms with van der Waals surface area (Å²) in [5.41, 5.74) is 0.434. The summed E-state index contributed by atoms with van der Waals surface area (Å²) in [5, 5.41) is 23.1. The number of hydrogen-bond donors (Lipinski definition) is 2. The van der Waals surface area contributed by atoms with Crippen molar-refractivity contribution in [2.75, 3.05) is 13.6 Å². The molecule has 20 heavy (non-hydrogen) atoms. The van der Waals surface area contributed by atoms with Gasteiger partial charge >= 0.3 is 0 Å². The quantitative estimate of drug-likeness (QED) is 0.606. The Morgan fingerprint density at radius 2 is 2.10 bits per heavy atom. The number of benzene rings is 1. The van der Waals surface area contributed by atoms with Crippen molar-refractivity contribution in [3.63, 3.8) is 0 Å². The second-order valence-electron chi connectivity index (χ2n) is 5.14. The minimum atomic E-state index is -0.985. The van der Waals surface area contributed by atoms with Crippen LogP contribution in [-0.4, -0.2) is 46.2 Å². The van der Waals surface area contributed by atoms with Crippen molar-refractivity contribution in [3.8, 4) is 0 Å². The van der Waals surface area contributed by atoms with Gasteiger partial charge in [0, 0.05) is 11.0 Å². The molecule has 2 N–H and O–H groups in total. The second-order valence-corrected chi connectivity index (χ2v) is 6.05. The zero-order valence-corrected chi connectivity index (χ0v) is 12.5. The van der Waals surface area contributed by atoms with E-state index in [2.05, 4.69) is 21.1 Å². The molecule has 2 aliphatic heterocycles. The Labute approximate surface area is 125 Å². The van der Waals surface area contributed by atoms with E-state index in [1.165, 1.54) is 6.26 Å². The van der Waals surface area contributed by atoms with Gasteiger partial charge in [-0.1, -0.05) is 33.2 Å². The third kappa shape index (κ3) is 1.87. The molecule has 6 heteroatoms. The lowest BCUT2D eigenvalue weighted by Gasteiger charge is -2.26. The van der Waals surface area contributed by atoms with Crippen LogP contribution in [0.25, 0.3) is 0 Å². The number of likely N-dealkylation sites (N-methyl/N-ethyl adjacent to an activating group) is 1. The molecule has 0 saturated carbocycles. The Balaban J connectivity index is 2.02. The summed E-state index contributed by atoms with van der Waals surface area (Å²) in [6.07, 6.45) is 2.23. The molecule has 0 bridgehead atoms. The highest BCUT2D eigenvalue weighted by Crippen LogP contribution is 2.41. The molecule has 0 aliphatic carbocycles. The molecular weight excluding hydrogens is 324 g/mol. The summed E-state index contributed by atoms with van der Waals surface area (Å²) in [4.78, 5) is 2.01. The number of ether oxygens (including phenoxy) is 1. The van der Waals surface area contributed by atoms with E-state index >= 15 is 0 Å². The number of rotatable bonds is 1. The lowest BCUT2D eigenvalue weighted by molar-refractivity contribution is 0.0116. The van der Waals surface area contributed by atoms with E-state index in [-0.39, 0.29) is 6.04 Å². The van der Waals surface area contributed by atoms with Crippen molar-refractivity contribution in [1.82, 2.24) is 4.90 Å². The van der Waals surface area contributed by atoms with Crippen LogP contribution >= 0.6 is 15.9 Å². The number of halogens is 1. The minimum Gasteiger partial charge on any atom is -0.484 e. The second kappa shape index (κ2) is 4.87. The number of aliphatic hydroxyl groups is 1. The smallest absolute Gasteiger partial charge is 0.193 e. The fourth-order valence-corrected chi connectivity index (χ4v) is 3.25. The molecular formula is C14H15BrN2O3. The first-order valence-electron chi connectivity index (χ1n) is 6.29. The first-order chi connectivity index (χ1) is 9.58. The van der Waals surface area contributed by atoms with Crippen LogP contribution in [0.3, 0.4) is 0 Å². The van der Waals surface area contributed by atoms with Gasteiger partial charge in [0.2, 0.25) is 0 Å². The molecule has 2 heterocycles. The summed E-state index contributed by atoms with van der Waals surface area (Å²) in [6, 6.07) is 7.58. The van der Waals surface area contributed by atoms with Gasteiger partial charge in [-0.05, 0) is 30.8 Å². The van der Waals surface area contributed by atoms with E-state index in [0.29, 0.717) is 12.3 Å². The van der Waals surface area contributed by atoms with Gasteiger partial charge in [-0.3, -0.25) is 4.90 Å². The molecule has 1 fully saturated rings. The SMILES string of the molecule is CN1C[C@]2(OC=C[C@H]2O)/C(=N\O)[C@@H]1c1ccc(Br)cc1. The molecule has 1 saturated heterocycles. The van der Waals surface area contributed by atoms with Crippen molar-refractivity contribution in [3.05, 3.63) is 46.6 Å². The van der Waals surface area contributed by atoms with E-state index in [1.807, 2.05) is 36.2 Å². The van der Waals surface area contributed by atoms with E-state index < -0.39 is 11.7 Å². The molecule has 3 rings (SSSR count). The predicted molar refractivity (Wildman–Crippen MR) is 77.7 cm³/mol. The third-order valence-electron chi connectivity index (χ3n) is 3.93. The van der Waals surface area contributed by atoms with Gasteiger partial charge in [0.1, 0.15) is 11.8 Å². The Hall–Kier alpha value is -1.37. The van der Waals surface area contributed by atoms with Gasteiger partial charge in [0.15, 0.2) is 5.60 Å². The van der Waals surface area contributed by atoms with Gasteiger partial charge in [0.05, 0.1) is 12.3 Å². The zero-order chi connectivity index (χ0) is 14.3. The molecule has 0 amide bonds. The number of oxime groups is 1. The highest BCUT2D eigenvalue weighted by atomic mass is 79.9. The molecule has 0 aromatic heterocycles. The van der Waals surface area contributed by atoms with E-state index in [0.717, 1.165) is 10.0 Å². The topological polar surface area (TPSA) is 65.3 Å². The highest BCUT2D eigenvalue weighted by molar-refractivity contribution is 9.10. The Morgan fingerprint density at radius 3 is 2.65 bits per heavy atom. The maximum absolute atomic E-state index is 10.2. The summed E-state index contributed by atoms with van der Waals surface area (Å²) >= 11 is 3.40. The van der Waals surface area contributed by atoms with Gasteiger partial charge in [-0.25, -0.2) is 0 Å². The van der Waals surface area contributed by atoms with Gasteiger partial charge in [-0.15, -0.1) is 0 Å². The maximum Gasteiger partial charge on any atom is 0.193 e. The normalized spacial score (nSPS) is 35.0. The number of aliphatic hydroxyl groups excluding tert-OH is 1. The molecule has 3 atom stereocenters. The minimum absolute atomic E-state index is 0.220. The Bertz CT molecular complexity index is 572. The largest absolute Gasteiger partial charge is 0.484 e. The van der Waals surface area contributed by atoms with Crippen molar-refractivity contribution in [2.45, 2.75) is 17.7 Å². The highest BCUT2D eigenvalue weighted by Gasteiger charge is 2.57. The van der Waals surface area contributed by atoms with Crippen LogP contribution in [0.2, 0.25) is 0 Å². The van der Waals surface area contributed by atoms with Gasteiger partial charge < -0.3 is 15.1 Å². The Kier molecular flexibility index (Phi) is 3.32. The fourth-order valence-electron chi connectivity index (χ4n) is 2.98. The molecule has 2 aliphatic rings. The van der Waals surface area contributed by atoms with Gasteiger partial charge in [0.25, 0.3) is 0 Å². The average Bonchev–Trinajstić information content (AvgIpc) is 2.92. The van der Waals surface area contributed by atoms with E-state index in [1.54, 1.807) is 6.08 Å². The molecule has 0 radical (unpaired) electrons. The van der Waals surface area contributed by atoms with E-state index in [9.17, 15) is 10.3 Å². The summed E-state index contributed by atoms with van der Waals surface area (Å²) in [6.45, 7) is 0.460. The summed E-state index contributed by atoms with van der Waals surface area (Å²) in [5.74, 6) is 0. The van der Waals surface area contributed by atoms with Crippen LogP contribution in [0.4, 0.5) is 0 Å². The Morgan fingerprint density at radius 1 is 1.40 bits per heavy atom. The van der Waals surface area contributed by atoms with Gasteiger partial charge in [-0.2, -0.15) is 0 Å². The number of likely N-dealkylation sites (tertiary alicyclic amines) is 1. The molecule has 0 unspecified atom stereocenters. The maximum atomic E-state index is 10.2. The predicted octanol–water partition coefficient (Wildman–Crippen LogP) is 1.91. The summed E-state index contributed by atoms with van der Waals surface area (Å²) < 4.78 is 6.57. The molecule has 1 spiro atoms. The molecule has 106 valence electrons. The van der Waals surface area contributed by atoms with E-state index in [4.69, 9.17) is 4.74 Å². The third-order valence-corrected chi connectivity index (χ3v) is 4.46. The summed E-state index contributed by atoms with van der Waals surface area (Å²) in [7, 11) is 1.92. The lowest BCUT2D eigenvalue weighted by Crippen LogP contribution is -2.47. The van der Waals surface area contributed by atoms with Crippen LogP contribution in [0.1, 0.15) is 11.6 Å². The van der Waals surface area contributed by atoms with Crippen molar-refractivity contribution >= 4 is 21.6 Å². The number of hydrogen-bond acceptors (Lipinski definition) is 5. The molecule has 1 aromatic rings. The first kappa shape index (κ1) is 13.6.